The Kier molecular flexibility index (Phi) is 2.97. The zero-order valence-electron chi connectivity index (χ0n) is 9.73. The standard InChI is InChI=1S/C11H11FN2O4/c1-16-7-3-6(12)9(15)8(10(7)17-2)5-4-14-18-11(5)13/h3-4,15H,13H2,1-2H3. The van der Waals surface area contributed by atoms with Crippen LogP contribution in [0.1, 0.15) is 0 Å². The zero-order chi connectivity index (χ0) is 13.3. The van der Waals surface area contributed by atoms with Crippen molar-refractivity contribution < 1.29 is 23.5 Å². The molecule has 0 saturated carbocycles. The molecule has 18 heavy (non-hydrogen) atoms. The van der Waals surface area contributed by atoms with Gasteiger partial charge in [0.25, 0.3) is 0 Å². The van der Waals surface area contributed by atoms with Crippen LogP contribution in [0.4, 0.5) is 10.3 Å². The van der Waals surface area contributed by atoms with Crippen LogP contribution < -0.4 is 15.2 Å². The van der Waals surface area contributed by atoms with Crippen molar-refractivity contribution in [2.75, 3.05) is 20.0 Å². The maximum absolute atomic E-state index is 13.6. The number of halogens is 1. The average molecular weight is 254 g/mol. The molecule has 1 aromatic carbocycles. The highest BCUT2D eigenvalue weighted by molar-refractivity contribution is 5.84. The van der Waals surface area contributed by atoms with Crippen LogP contribution in [0, 0.1) is 5.82 Å². The van der Waals surface area contributed by atoms with Crippen molar-refractivity contribution in [3.8, 4) is 28.4 Å². The summed E-state index contributed by atoms with van der Waals surface area (Å²) < 4.78 is 28.4. The number of hydrogen-bond donors (Lipinski definition) is 2. The first-order valence-electron chi connectivity index (χ1n) is 4.94. The number of nitrogen functional groups attached to an aromatic ring is 1. The first-order valence-corrected chi connectivity index (χ1v) is 4.94. The zero-order valence-corrected chi connectivity index (χ0v) is 9.73. The molecule has 0 aliphatic rings. The fraction of sp³-hybridized carbons (Fsp3) is 0.182. The van der Waals surface area contributed by atoms with Crippen molar-refractivity contribution in [2.24, 2.45) is 0 Å². The van der Waals surface area contributed by atoms with E-state index in [1.54, 1.807) is 0 Å². The Labute approximate surface area is 102 Å². The summed E-state index contributed by atoms with van der Waals surface area (Å²) in [6, 6.07) is 1.02. The molecular weight excluding hydrogens is 243 g/mol. The van der Waals surface area contributed by atoms with Crippen molar-refractivity contribution in [3.05, 3.63) is 18.1 Å². The van der Waals surface area contributed by atoms with Gasteiger partial charge in [0.15, 0.2) is 23.1 Å². The van der Waals surface area contributed by atoms with E-state index < -0.39 is 11.6 Å². The van der Waals surface area contributed by atoms with Crippen LogP contribution in [-0.2, 0) is 0 Å². The molecule has 0 bridgehead atoms. The highest BCUT2D eigenvalue weighted by Gasteiger charge is 2.24. The van der Waals surface area contributed by atoms with E-state index in [-0.39, 0.29) is 28.5 Å². The monoisotopic (exact) mass is 254 g/mol. The normalized spacial score (nSPS) is 10.4. The molecule has 0 unspecified atom stereocenters. The second kappa shape index (κ2) is 4.44. The van der Waals surface area contributed by atoms with Crippen LogP contribution in [-0.4, -0.2) is 24.5 Å². The molecule has 0 aliphatic heterocycles. The molecule has 3 N–H and O–H groups in total. The molecule has 0 saturated heterocycles. The van der Waals surface area contributed by atoms with Crippen molar-refractivity contribution in [1.82, 2.24) is 5.16 Å². The predicted octanol–water partition coefficient (Wildman–Crippen LogP) is 1.79. The Morgan fingerprint density at radius 2 is 2.11 bits per heavy atom. The maximum atomic E-state index is 13.6. The molecule has 0 aliphatic carbocycles. The summed E-state index contributed by atoms with van der Waals surface area (Å²) in [4.78, 5) is 0. The van der Waals surface area contributed by atoms with Crippen LogP contribution in [0.25, 0.3) is 11.1 Å². The molecule has 2 aromatic rings. The van der Waals surface area contributed by atoms with Crippen LogP contribution in [0.5, 0.6) is 17.2 Å². The summed E-state index contributed by atoms with van der Waals surface area (Å²) in [5, 5.41) is 13.3. The minimum absolute atomic E-state index is 0.0353. The van der Waals surface area contributed by atoms with E-state index in [0.717, 1.165) is 6.07 Å². The quantitative estimate of drug-likeness (QED) is 0.867. The van der Waals surface area contributed by atoms with E-state index in [9.17, 15) is 9.50 Å². The number of nitrogens with two attached hydrogens (primary N) is 1. The van der Waals surface area contributed by atoms with Crippen LogP contribution in [0.2, 0.25) is 0 Å². The lowest BCUT2D eigenvalue weighted by Gasteiger charge is -2.13. The highest BCUT2D eigenvalue weighted by atomic mass is 19.1. The molecule has 0 fully saturated rings. The smallest absolute Gasteiger partial charge is 0.230 e. The minimum Gasteiger partial charge on any atom is -0.504 e. The van der Waals surface area contributed by atoms with Gasteiger partial charge in [-0.3, -0.25) is 0 Å². The van der Waals surface area contributed by atoms with Crippen LogP contribution in [0.3, 0.4) is 0 Å². The second-order valence-corrected chi connectivity index (χ2v) is 3.42. The van der Waals surface area contributed by atoms with Gasteiger partial charge in [0.1, 0.15) is 0 Å². The third-order valence-corrected chi connectivity index (χ3v) is 2.46. The number of rotatable bonds is 3. The van der Waals surface area contributed by atoms with Gasteiger partial charge in [0.2, 0.25) is 5.88 Å². The van der Waals surface area contributed by atoms with Gasteiger partial charge < -0.3 is 24.8 Å². The maximum Gasteiger partial charge on any atom is 0.230 e. The summed E-state index contributed by atoms with van der Waals surface area (Å²) in [7, 11) is 2.72. The molecule has 7 heteroatoms. The Bertz CT molecular complexity index is 583. The van der Waals surface area contributed by atoms with E-state index in [4.69, 9.17) is 15.2 Å². The van der Waals surface area contributed by atoms with Crippen molar-refractivity contribution in [3.63, 3.8) is 0 Å². The molecular formula is C11H11FN2O4. The molecule has 96 valence electrons. The van der Waals surface area contributed by atoms with Gasteiger partial charge in [-0.2, -0.15) is 0 Å². The molecule has 1 aromatic heterocycles. The van der Waals surface area contributed by atoms with Gasteiger partial charge in [-0.25, -0.2) is 4.39 Å². The summed E-state index contributed by atoms with van der Waals surface area (Å²) >= 11 is 0. The van der Waals surface area contributed by atoms with Gasteiger partial charge >= 0.3 is 0 Å². The van der Waals surface area contributed by atoms with E-state index in [2.05, 4.69) is 9.68 Å². The number of nitrogens with zero attached hydrogens (tertiary/aromatic N) is 1. The number of methoxy groups -OCH3 is 2. The van der Waals surface area contributed by atoms with Crippen LogP contribution >= 0.6 is 0 Å². The van der Waals surface area contributed by atoms with Gasteiger partial charge in [-0.05, 0) is 0 Å². The number of anilines is 1. The van der Waals surface area contributed by atoms with Crippen molar-refractivity contribution in [2.45, 2.75) is 0 Å². The summed E-state index contributed by atoms with van der Waals surface area (Å²) in [6.07, 6.45) is 1.26. The van der Waals surface area contributed by atoms with Gasteiger partial charge in [-0.15, -0.1) is 0 Å². The largest absolute Gasteiger partial charge is 0.504 e. The number of ether oxygens (including phenoxy) is 2. The number of phenolic OH excluding ortho intramolecular Hbond substituents is 1. The van der Waals surface area contributed by atoms with E-state index in [1.807, 2.05) is 0 Å². The SMILES string of the molecule is COc1cc(F)c(O)c(-c2cnoc2N)c1OC. The second-order valence-electron chi connectivity index (χ2n) is 3.42. The molecule has 0 radical (unpaired) electrons. The number of phenols is 1. The third-order valence-electron chi connectivity index (χ3n) is 2.46. The first kappa shape index (κ1) is 12.0. The lowest BCUT2D eigenvalue weighted by atomic mass is 10.1. The van der Waals surface area contributed by atoms with Crippen molar-refractivity contribution >= 4 is 5.88 Å². The number of aromatic nitrogens is 1. The lowest BCUT2D eigenvalue weighted by molar-refractivity contribution is 0.347. The summed E-state index contributed by atoms with van der Waals surface area (Å²) in [5.74, 6) is -1.25. The molecule has 6 nitrogen and oxygen atoms in total. The van der Waals surface area contributed by atoms with Gasteiger partial charge in [0, 0.05) is 6.07 Å². The number of hydrogen-bond acceptors (Lipinski definition) is 6. The molecule has 2 rings (SSSR count). The Hall–Kier alpha value is -2.44. The minimum atomic E-state index is -0.858. The summed E-state index contributed by atoms with van der Waals surface area (Å²) in [6.45, 7) is 0. The molecule has 0 atom stereocenters. The highest BCUT2D eigenvalue weighted by Crippen LogP contribution is 2.47. The van der Waals surface area contributed by atoms with E-state index in [0.29, 0.717) is 0 Å². The van der Waals surface area contributed by atoms with E-state index in [1.165, 1.54) is 20.4 Å². The van der Waals surface area contributed by atoms with Crippen molar-refractivity contribution in [1.29, 1.82) is 0 Å². The molecule has 0 amide bonds. The van der Waals surface area contributed by atoms with Gasteiger partial charge in [-0.1, -0.05) is 5.16 Å². The third kappa shape index (κ3) is 1.69. The first-order chi connectivity index (χ1) is 8.60. The average Bonchev–Trinajstić information content (AvgIpc) is 2.78. The Balaban J connectivity index is 2.79. The molecule has 1 heterocycles. The fourth-order valence-corrected chi connectivity index (χ4v) is 1.64. The number of aromatic hydroxyl groups is 1. The lowest BCUT2D eigenvalue weighted by Crippen LogP contribution is -1.97. The number of benzene rings is 1. The van der Waals surface area contributed by atoms with E-state index >= 15 is 0 Å². The topological polar surface area (TPSA) is 90.7 Å². The Morgan fingerprint density at radius 1 is 1.39 bits per heavy atom. The van der Waals surface area contributed by atoms with Gasteiger partial charge in [0.05, 0.1) is 31.5 Å². The Morgan fingerprint density at radius 3 is 2.61 bits per heavy atom. The van der Waals surface area contributed by atoms with Crippen LogP contribution in [0.15, 0.2) is 16.8 Å². The fourth-order valence-electron chi connectivity index (χ4n) is 1.64. The molecule has 0 spiro atoms. The summed E-state index contributed by atoms with van der Waals surface area (Å²) in [5.41, 5.74) is 5.81. The predicted molar refractivity (Wildman–Crippen MR) is 61.1 cm³/mol.